The van der Waals surface area contributed by atoms with Gasteiger partial charge in [0.25, 0.3) is 11.6 Å². The first-order valence-corrected chi connectivity index (χ1v) is 11.2. The molecule has 1 amide bonds. The molecular formula is C26H25N5O3. The van der Waals surface area contributed by atoms with E-state index in [1.165, 1.54) is 12.1 Å². The number of piperazine rings is 1. The molecule has 0 N–H and O–H groups in total. The number of anilines is 1. The Hall–Kier alpha value is -4.20. The van der Waals surface area contributed by atoms with Gasteiger partial charge in [-0.2, -0.15) is 0 Å². The van der Waals surface area contributed by atoms with Crippen molar-refractivity contribution in [3.63, 3.8) is 0 Å². The highest BCUT2D eigenvalue weighted by atomic mass is 16.6. The molecule has 0 unspecified atom stereocenters. The first-order chi connectivity index (χ1) is 16.4. The van der Waals surface area contributed by atoms with Gasteiger partial charge in [0, 0.05) is 62.6 Å². The number of aromatic nitrogens is 2. The lowest BCUT2D eigenvalue weighted by atomic mass is 10.0. The standard InChI is InChI=1S/C26H25N5O3/c1-18-5-10-23-21(16-18)22(17-24(27-23)25-4-3-11-28(25)2)26(32)30-14-12-29(13-15-30)19-6-8-20(9-7-19)31(33)34/h3-11,16-17H,12-15H2,1-2H3. The molecular weight excluding hydrogens is 430 g/mol. The molecule has 1 saturated heterocycles. The van der Waals surface area contributed by atoms with E-state index in [0.717, 1.165) is 33.5 Å². The van der Waals surface area contributed by atoms with E-state index in [2.05, 4.69) is 4.90 Å². The number of pyridine rings is 1. The van der Waals surface area contributed by atoms with Gasteiger partial charge >= 0.3 is 0 Å². The molecule has 4 aromatic rings. The van der Waals surface area contributed by atoms with E-state index in [0.29, 0.717) is 31.7 Å². The van der Waals surface area contributed by atoms with Crippen LogP contribution in [-0.2, 0) is 7.05 Å². The van der Waals surface area contributed by atoms with Crippen LogP contribution in [0.4, 0.5) is 11.4 Å². The molecule has 1 fully saturated rings. The van der Waals surface area contributed by atoms with E-state index in [9.17, 15) is 14.9 Å². The number of rotatable bonds is 4. The number of nitrogens with zero attached hydrogens (tertiary/aromatic N) is 5. The van der Waals surface area contributed by atoms with Crippen molar-refractivity contribution in [1.29, 1.82) is 0 Å². The Labute approximate surface area is 197 Å². The number of non-ortho nitro benzene ring substituents is 1. The summed E-state index contributed by atoms with van der Waals surface area (Å²) in [7, 11) is 1.97. The lowest BCUT2D eigenvalue weighted by Crippen LogP contribution is -2.48. The summed E-state index contributed by atoms with van der Waals surface area (Å²) in [4.78, 5) is 33.1. The van der Waals surface area contributed by atoms with Crippen LogP contribution in [0.3, 0.4) is 0 Å². The zero-order valence-corrected chi connectivity index (χ0v) is 19.1. The van der Waals surface area contributed by atoms with Crippen LogP contribution in [0.2, 0.25) is 0 Å². The molecule has 3 heterocycles. The second kappa shape index (κ2) is 8.62. The molecule has 172 valence electrons. The van der Waals surface area contributed by atoms with Crippen LogP contribution in [-0.4, -0.2) is 51.5 Å². The van der Waals surface area contributed by atoms with Gasteiger partial charge in [-0.25, -0.2) is 4.98 Å². The summed E-state index contributed by atoms with van der Waals surface area (Å²) >= 11 is 0. The van der Waals surface area contributed by atoms with Crippen LogP contribution in [0.25, 0.3) is 22.3 Å². The topological polar surface area (TPSA) is 84.5 Å². The molecule has 2 aromatic heterocycles. The molecule has 0 radical (unpaired) electrons. The molecule has 1 aliphatic heterocycles. The van der Waals surface area contributed by atoms with Crippen molar-refractivity contribution in [1.82, 2.24) is 14.5 Å². The second-order valence-electron chi connectivity index (χ2n) is 8.63. The molecule has 0 aliphatic carbocycles. The van der Waals surface area contributed by atoms with Gasteiger partial charge in [0.1, 0.15) is 0 Å². The fourth-order valence-corrected chi connectivity index (χ4v) is 4.50. The van der Waals surface area contributed by atoms with Crippen LogP contribution in [0, 0.1) is 17.0 Å². The van der Waals surface area contributed by atoms with Crippen molar-refractivity contribution >= 4 is 28.2 Å². The highest BCUT2D eigenvalue weighted by molar-refractivity contribution is 6.07. The minimum Gasteiger partial charge on any atom is -0.368 e. The Bertz CT molecular complexity index is 1390. The summed E-state index contributed by atoms with van der Waals surface area (Å²) in [6.45, 7) is 4.49. The third-order valence-corrected chi connectivity index (χ3v) is 6.39. The average Bonchev–Trinajstić information content (AvgIpc) is 3.29. The van der Waals surface area contributed by atoms with Gasteiger partial charge in [0.15, 0.2) is 0 Å². The van der Waals surface area contributed by atoms with Gasteiger partial charge in [-0.15, -0.1) is 0 Å². The fraction of sp³-hybridized carbons (Fsp3) is 0.231. The van der Waals surface area contributed by atoms with Gasteiger partial charge in [-0.3, -0.25) is 14.9 Å². The van der Waals surface area contributed by atoms with Crippen molar-refractivity contribution in [2.45, 2.75) is 6.92 Å². The van der Waals surface area contributed by atoms with Crippen LogP contribution >= 0.6 is 0 Å². The average molecular weight is 456 g/mol. The minimum atomic E-state index is -0.398. The zero-order chi connectivity index (χ0) is 23.8. The molecule has 34 heavy (non-hydrogen) atoms. The zero-order valence-electron chi connectivity index (χ0n) is 19.1. The van der Waals surface area contributed by atoms with Crippen LogP contribution in [0.1, 0.15) is 15.9 Å². The second-order valence-corrected chi connectivity index (χ2v) is 8.63. The van der Waals surface area contributed by atoms with Gasteiger partial charge < -0.3 is 14.4 Å². The van der Waals surface area contributed by atoms with Crippen LogP contribution < -0.4 is 4.90 Å². The van der Waals surface area contributed by atoms with Gasteiger partial charge in [-0.1, -0.05) is 11.6 Å². The monoisotopic (exact) mass is 455 g/mol. The van der Waals surface area contributed by atoms with E-state index >= 15 is 0 Å². The van der Waals surface area contributed by atoms with Crippen LogP contribution in [0.15, 0.2) is 66.9 Å². The molecule has 0 bridgehead atoms. The molecule has 0 saturated carbocycles. The van der Waals surface area contributed by atoms with Crippen molar-refractivity contribution < 1.29 is 9.72 Å². The number of nitro groups is 1. The van der Waals surface area contributed by atoms with Gasteiger partial charge in [0.2, 0.25) is 0 Å². The van der Waals surface area contributed by atoms with E-state index in [1.54, 1.807) is 12.1 Å². The highest BCUT2D eigenvalue weighted by Crippen LogP contribution is 2.28. The fourth-order valence-electron chi connectivity index (χ4n) is 4.50. The normalized spacial score (nSPS) is 13.9. The Morgan fingerprint density at radius 3 is 2.38 bits per heavy atom. The minimum absolute atomic E-state index is 0.00295. The van der Waals surface area contributed by atoms with E-state index in [-0.39, 0.29) is 11.6 Å². The lowest BCUT2D eigenvalue weighted by Gasteiger charge is -2.36. The maximum atomic E-state index is 13.7. The predicted octanol–water partition coefficient (Wildman–Crippen LogP) is 4.42. The highest BCUT2D eigenvalue weighted by Gasteiger charge is 2.25. The summed E-state index contributed by atoms with van der Waals surface area (Å²) < 4.78 is 2.00. The number of hydrogen-bond acceptors (Lipinski definition) is 5. The SMILES string of the molecule is Cc1ccc2nc(-c3cccn3C)cc(C(=O)N3CCN(c4ccc([N+](=O)[O-])cc4)CC3)c2c1. The van der Waals surface area contributed by atoms with E-state index in [4.69, 9.17) is 4.98 Å². The number of nitro benzene ring substituents is 1. The Morgan fingerprint density at radius 1 is 1.00 bits per heavy atom. The first-order valence-electron chi connectivity index (χ1n) is 11.2. The third kappa shape index (κ3) is 3.98. The summed E-state index contributed by atoms with van der Waals surface area (Å²) in [5.74, 6) is -0.00295. The lowest BCUT2D eigenvalue weighted by molar-refractivity contribution is -0.384. The summed E-state index contributed by atoms with van der Waals surface area (Å²) in [5.41, 5.74) is 5.28. The molecule has 2 aromatic carbocycles. The van der Waals surface area contributed by atoms with Crippen molar-refractivity contribution in [3.8, 4) is 11.4 Å². The number of aryl methyl sites for hydroxylation is 2. The van der Waals surface area contributed by atoms with Crippen molar-refractivity contribution in [3.05, 3.63) is 88.1 Å². The molecule has 5 rings (SSSR count). The number of hydrogen-bond donors (Lipinski definition) is 0. The molecule has 0 atom stereocenters. The Kier molecular flexibility index (Phi) is 5.49. The summed E-state index contributed by atoms with van der Waals surface area (Å²) in [6, 6.07) is 18.4. The Morgan fingerprint density at radius 2 is 1.74 bits per heavy atom. The number of fused-ring (bicyclic) bond motifs is 1. The largest absolute Gasteiger partial charge is 0.368 e. The van der Waals surface area contributed by atoms with Gasteiger partial charge in [0.05, 0.1) is 27.4 Å². The van der Waals surface area contributed by atoms with Gasteiger partial charge in [-0.05, 0) is 49.4 Å². The number of benzene rings is 2. The summed E-state index contributed by atoms with van der Waals surface area (Å²) in [5, 5.41) is 11.8. The molecule has 8 heteroatoms. The molecule has 8 nitrogen and oxygen atoms in total. The quantitative estimate of drug-likeness (QED) is 0.336. The van der Waals surface area contributed by atoms with E-state index in [1.807, 2.05) is 66.0 Å². The van der Waals surface area contributed by atoms with Crippen molar-refractivity contribution in [2.24, 2.45) is 7.05 Å². The number of carbonyl (C=O) groups excluding carboxylic acids is 1. The first kappa shape index (κ1) is 21.6. The van der Waals surface area contributed by atoms with E-state index < -0.39 is 4.92 Å². The predicted molar refractivity (Wildman–Crippen MR) is 132 cm³/mol. The van der Waals surface area contributed by atoms with Crippen molar-refractivity contribution in [2.75, 3.05) is 31.1 Å². The molecule has 0 spiro atoms. The maximum Gasteiger partial charge on any atom is 0.269 e. The summed E-state index contributed by atoms with van der Waals surface area (Å²) in [6.07, 6.45) is 1.97. The Balaban J connectivity index is 1.42. The number of carbonyl (C=O) groups is 1. The van der Waals surface area contributed by atoms with Crippen LogP contribution in [0.5, 0.6) is 0 Å². The maximum absolute atomic E-state index is 13.7. The smallest absolute Gasteiger partial charge is 0.269 e. The molecule has 1 aliphatic rings. The number of amides is 1. The third-order valence-electron chi connectivity index (χ3n) is 6.39.